The monoisotopic (exact) mass is 504 g/mol. The predicted molar refractivity (Wildman–Crippen MR) is 133 cm³/mol. The number of para-hydroxylation sites is 1. The smallest absolute Gasteiger partial charge is 0.283 e. The molecule has 2 aromatic carbocycles. The molecule has 0 saturated carbocycles. The molecule has 0 amide bonds. The van der Waals surface area contributed by atoms with Gasteiger partial charge in [-0.25, -0.2) is 13.2 Å². The number of hydrogen-bond acceptors (Lipinski definition) is 4. The van der Waals surface area contributed by atoms with E-state index in [1.54, 1.807) is 17.0 Å². The Morgan fingerprint density at radius 2 is 1.94 bits per heavy atom. The van der Waals surface area contributed by atoms with Crippen LogP contribution in [0, 0.1) is 5.82 Å². The van der Waals surface area contributed by atoms with Crippen LogP contribution < -0.4 is 5.32 Å². The van der Waals surface area contributed by atoms with Crippen LogP contribution in [0.5, 0.6) is 0 Å². The van der Waals surface area contributed by atoms with Gasteiger partial charge in [-0.2, -0.15) is 0 Å². The Hall–Kier alpha value is -2.62. The first-order valence-electron chi connectivity index (χ1n) is 12.5. The second kappa shape index (κ2) is 10.0. The lowest BCUT2D eigenvalue weighted by Crippen LogP contribution is -2.54. The molecule has 5 rings (SSSR count). The first-order chi connectivity index (χ1) is 17.3. The van der Waals surface area contributed by atoms with Crippen molar-refractivity contribution in [3.63, 3.8) is 0 Å². The third kappa shape index (κ3) is 4.84. The number of anilines is 1. The zero-order chi connectivity index (χ0) is 25.4. The van der Waals surface area contributed by atoms with Gasteiger partial charge in [0.1, 0.15) is 12.4 Å². The third-order valence-electron chi connectivity index (χ3n) is 7.39. The fourth-order valence-corrected chi connectivity index (χ4v) is 5.61. The van der Waals surface area contributed by atoms with Crippen LogP contribution in [0.4, 0.5) is 23.2 Å². The molecule has 2 aliphatic heterocycles. The molecule has 9 heteroatoms. The van der Waals surface area contributed by atoms with Crippen molar-refractivity contribution in [2.24, 2.45) is 0 Å². The fourth-order valence-electron chi connectivity index (χ4n) is 5.61. The van der Waals surface area contributed by atoms with Crippen LogP contribution in [0.25, 0.3) is 10.9 Å². The highest BCUT2D eigenvalue weighted by Crippen LogP contribution is 2.42. The highest BCUT2D eigenvalue weighted by molar-refractivity contribution is 5.85. The van der Waals surface area contributed by atoms with Crippen LogP contribution in [-0.4, -0.2) is 77.4 Å². The van der Waals surface area contributed by atoms with Crippen LogP contribution >= 0.6 is 0 Å². The topological polar surface area (TPSA) is 54.5 Å². The summed E-state index contributed by atoms with van der Waals surface area (Å²) in [5.74, 6) is -3.79. The summed E-state index contributed by atoms with van der Waals surface area (Å²) < 4.78 is 56.8. The van der Waals surface area contributed by atoms with Crippen molar-refractivity contribution in [3.8, 4) is 0 Å². The predicted octanol–water partition coefficient (Wildman–Crippen LogP) is 4.73. The van der Waals surface area contributed by atoms with Crippen LogP contribution in [0.2, 0.25) is 0 Å². The van der Waals surface area contributed by atoms with Gasteiger partial charge in [0.05, 0.1) is 25.3 Å². The summed E-state index contributed by atoms with van der Waals surface area (Å²) in [7, 11) is 0. The molecule has 5 nitrogen and oxygen atoms in total. The van der Waals surface area contributed by atoms with E-state index < -0.39 is 30.9 Å². The molecule has 194 valence electrons. The molecular weight excluding hydrogens is 472 g/mol. The maximum atomic E-state index is 15.6. The highest BCUT2D eigenvalue weighted by Gasteiger charge is 2.42. The number of H-pyrrole nitrogens is 1. The van der Waals surface area contributed by atoms with Crippen molar-refractivity contribution in [1.29, 1.82) is 0 Å². The van der Waals surface area contributed by atoms with E-state index in [0.29, 0.717) is 36.3 Å². The van der Waals surface area contributed by atoms with Crippen molar-refractivity contribution < 1.29 is 22.7 Å². The largest absolute Gasteiger partial charge is 0.390 e. The number of aliphatic hydroxyl groups excluding tert-OH is 1. The third-order valence-corrected chi connectivity index (χ3v) is 7.39. The molecule has 3 aromatic rings. The lowest BCUT2D eigenvalue weighted by molar-refractivity contribution is -0.0866. The van der Waals surface area contributed by atoms with Gasteiger partial charge >= 0.3 is 0 Å². The Labute approximate surface area is 208 Å². The molecule has 1 unspecified atom stereocenters. The maximum absolute atomic E-state index is 15.6. The highest BCUT2D eigenvalue weighted by atomic mass is 19.3. The van der Waals surface area contributed by atoms with Crippen LogP contribution in [0.3, 0.4) is 0 Å². The lowest BCUT2D eigenvalue weighted by atomic mass is 9.88. The van der Waals surface area contributed by atoms with Crippen molar-refractivity contribution >= 4 is 16.6 Å². The minimum atomic E-state index is -3.31. The lowest BCUT2D eigenvalue weighted by Gasteiger charge is -2.42. The summed E-state index contributed by atoms with van der Waals surface area (Å²) in [4.78, 5) is 7.10. The number of nitrogens with zero attached hydrogens (tertiary/aromatic N) is 2. The molecule has 0 radical (unpaired) electrons. The first kappa shape index (κ1) is 25.0. The minimum absolute atomic E-state index is 0.157. The molecular formula is C27H32F4N4O. The molecule has 1 saturated heterocycles. The summed E-state index contributed by atoms with van der Waals surface area (Å²) in [6.45, 7) is 1.84. The number of alkyl halides is 3. The number of aromatic amines is 1. The second-order valence-electron chi connectivity index (χ2n) is 10.1. The maximum Gasteiger partial charge on any atom is 0.283 e. The number of aromatic nitrogens is 1. The normalized spacial score (nSPS) is 21.5. The number of nitrogens with one attached hydrogen (secondary N) is 2. The van der Waals surface area contributed by atoms with E-state index in [-0.39, 0.29) is 18.8 Å². The van der Waals surface area contributed by atoms with Crippen LogP contribution in [0.1, 0.15) is 36.2 Å². The second-order valence-corrected chi connectivity index (χ2v) is 10.1. The van der Waals surface area contributed by atoms with Crippen LogP contribution in [0.15, 0.2) is 42.5 Å². The molecule has 1 aromatic heterocycles. The molecule has 2 atom stereocenters. The first-order valence-corrected chi connectivity index (χ1v) is 12.5. The standard InChI is InChI=1S/C27H32F4N4O/c1-17-11-22-20-5-2-3-6-24(20)33-25(22)26(35(17)15-27(30,31)16-36)21-8-7-18(12-23(21)29)32-19-13-34(14-19)10-4-9-28/h2-3,5-8,12,17,19,26,32-33,36H,4,9-11,13-16H2,1H3/t17?,26-/m1/s1. The Morgan fingerprint density at radius 1 is 1.17 bits per heavy atom. The van der Waals surface area contributed by atoms with E-state index in [4.69, 9.17) is 0 Å². The summed E-state index contributed by atoms with van der Waals surface area (Å²) in [5, 5.41) is 13.6. The van der Waals surface area contributed by atoms with E-state index in [2.05, 4.69) is 15.2 Å². The molecule has 1 fully saturated rings. The van der Waals surface area contributed by atoms with E-state index in [9.17, 15) is 18.3 Å². The van der Waals surface area contributed by atoms with Crippen molar-refractivity contribution in [2.75, 3.05) is 44.8 Å². The Kier molecular flexibility index (Phi) is 6.98. The number of fused-ring (bicyclic) bond motifs is 3. The SMILES string of the molecule is CC1Cc2c([nH]c3ccccc23)[C@@H](c2ccc(NC3CN(CCCF)C3)cc2F)N1CC(F)(F)CO. The summed E-state index contributed by atoms with van der Waals surface area (Å²) in [5.41, 5.74) is 3.55. The molecule has 36 heavy (non-hydrogen) atoms. The van der Waals surface area contributed by atoms with Crippen molar-refractivity contribution in [2.45, 2.75) is 43.8 Å². The van der Waals surface area contributed by atoms with Gasteiger partial charge < -0.3 is 15.4 Å². The molecule has 0 spiro atoms. The Bertz CT molecular complexity index is 1210. The number of likely N-dealkylation sites (tertiary alicyclic amines) is 1. The van der Waals surface area contributed by atoms with E-state index in [1.165, 1.54) is 6.07 Å². The van der Waals surface area contributed by atoms with Crippen molar-refractivity contribution in [1.82, 2.24) is 14.8 Å². The Morgan fingerprint density at radius 3 is 2.67 bits per heavy atom. The number of aliphatic hydroxyl groups is 1. The quantitative estimate of drug-likeness (QED) is 0.369. The van der Waals surface area contributed by atoms with Gasteiger partial charge in [-0.1, -0.05) is 24.3 Å². The fraction of sp³-hybridized carbons (Fsp3) is 0.481. The average Bonchev–Trinajstić information content (AvgIpc) is 3.19. The molecule has 2 aliphatic rings. The number of rotatable bonds is 9. The summed E-state index contributed by atoms with van der Waals surface area (Å²) in [6, 6.07) is 11.7. The summed E-state index contributed by atoms with van der Waals surface area (Å²) >= 11 is 0. The minimum Gasteiger partial charge on any atom is -0.390 e. The molecule has 3 N–H and O–H groups in total. The molecule has 0 aliphatic carbocycles. The zero-order valence-corrected chi connectivity index (χ0v) is 20.3. The number of halogens is 4. The molecule has 3 heterocycles. The van der Waals surface area contributed by atoms with Gasteiger partial charge in [-0.3, -0.25) is 14.2 Å². The van der Waals surface area contributed by atoms with E-state index in [1.807, 2.05) is 31.2 Å². The van der Waals surface area contributed by atoms with Gasteiger partial charge in [-0.15, -0.1) is 0 Å². The Balaban J connectivity index is 1.46. The van der Waals surface area contributed by atoms with Gasteiger partial charge in [0.15, 0.2) is 0 Å². The molecule has 0 bridgehead atoms. The van der Waals surface area contributed by atoms with Gasteiger partial charge in [-0.05, 0) is 43.5 Å². The van der Waals surface area contributed by atoms with Gasteiger partial charge in [0, 0.05) is 53.5 Å². The number of hydrogen-bond donors (Lipinski definition) is 3. The van der Waals surface area contributed by atoms with Gasteiger partial charge in [0.2, 0.25) is 0 Å². The average molecular weight is 505 g/mol. The van der Waals surface area contributed by atoms with Crippen molar-refractivity contribution in [3.05, 3.63) is 65.1 Å². The van der Waals surface area contributed by atoms with Gasteiger partial charge in [0.25, 0.3) is 5.92 Å². The zero-order valence-electron chi connectivity index (χ0n) is 20.3. The van der Waals surface area contributed by atoms with E-state index in [0.717, 1.165) is 29.6 Å². The van der Waals surface area contributed by atoms with Crippen LogP contribution in [-0.2, 0) is 6.42 Å². The van der Waals surface area contributed by atoms with E-state index >= 15 is 4.39 Å². The summed E-state index contributed by atoms with van der Waals surface area (Å²) in [6.07, 6.45) is 1.05. The number of benzene rings is 2.